The van der Waals surface area contributed by atoms with Crippen molar-refractivity contribution >= 4 is 0 Å². The highest BCUT2D eigenvalue weighted by atomic mass is 16.3. The van der Waals surface area contributed by atoms with Crippen LogP contribution in [0, 0.1) is 16.7 Å². The Balaban J connectivity index is 2.25. The number of aliphatic hydroxyl groups is 1. The van der Waals surface area contributed by atoms with E-state index in [0.717, 1.165) is 19.3 Å². The molecule has 0 aromatic heterocycles. The first-order valence-electron chi connectivity index (χ1n) is 7.05. The van der Waals surface area contributed by atoms with Gasteiger partial charge in [-0.2, -0.15) is 0 Å². The Bertz CT molecular complexity index is 330. The standard InChI is InChI=1S/C16H28O/c1-12(2)13-6-7-15(5)9-8-14(3,4)11-16(15,17)10-13/h13,17H,1,6-11H2,2-5H3/t13-,15-,16-/m1/s1. The average molecular weight is 236 g/mol. The van der Waals surface area contributed by atoms with E-state index in [4.69, 9.17) is 0 Å². The van der Waals surface area contributed by atoms with Crippen LogP contribution in [0.2, 0.25) is 0 Å². The molecule has 2 aliphatic carbocycles. The molecule has 0 unspecified atom stereocenters. The van der Waals surface area contributed by atoms with E-state index >= 15 is 0 Å². The third-order valence-electron chi connectivity index (χ3n) is 5.57. The molecular formula is C16H28O. The van der Waals surface area contributed by atoms with Crippen LogP contribution >= 0.6 is 0 Å². The second-order valence-corrected chi connectivity index (χ2v) is 7.72. The summed E-state index contributed by atoms with van der Waals surface area (Å²) in [5.41, 5.74) is 1.24. The lowest BCUT2D eigenvalue weighted by Crippen LogP contribution is -2.56. The molecule has 2 fully saturated rings. The topological polar surface area (TPSA) is 20.2 Å². The summed E-state index contributed by atoms with van der Waals surface area (Å²) in [6, 6.07) is 0. The summed E-state index contributed by atoms with van der Waals surface area (Å²) in [6.45, 7) is 13.1. The summed E-state index contributed by atoms with van der Waals surface area (Å²) < 4.78 is 0. The largest absolute Gasteiger partial charge is 0.389 e. The van der Waals surface area contributed by atoms with Gasteiger partial charge < -0.3 is 5.11 Å². The maximum Gasteiger partial charge on any atom is 0.0711 e. The van der Waals surface area contributed by atoms with E-state index in [-0.39, 0.29) is 5.41 Å². The van der Waals surface area contributed by atoms with Crippen molar-refractivity contribution < 1.29 is 5.11 Å². The minimum Gasteiger partial charge on any atom is -0.389 e. The van der Waals surface area contributed by atoms with E-state index in [1.54, 1.807) is 0 Å². The Labute approximate surface area is 106 Å². The van der Waals surface area contributed by atoms with Gasteiger partial charge in [0.2, 0.25) is 0 Å². The van der Waals surface area contributed by atoms with Crippen LogP contribution in [0.3, 0.4) is 0 Å². The van der Waals surface area contributed by atoms with Crippen molar-refractivity contribution in [2.75, 3.05) is 0 Å². The summed E-state index contributed by atoms with van der Waals surface area (Å²) in [6.07, 6.45) is 6.71. The minimum absolute atomic E-state index is 0.147. The number of hydrogen-bond acceptors (Lipinski definition) is 1. The molecule has 3 atom stereocenters. The van der Waals surface area contributed by atoms with E-state index in [0.29, 0.717) is 11.3 Å². The van der Waals surface area contributed by atoms with Crippen LogP contribution in [0.25, 0.3) is 0 Å². The molecule has 0 radical (unpaired) electrons. The maximum atomic E-state index is 11.2. The summed E-state index contributed by atoms with van der Waals surface area (Å²) in [5.74, 6) is 0.530. The van der Waals surface area contributed by atoms with Crippen LogP contribution in [-0.4, -0.2) is 10.7 Å². The smallest absolute Gasteiger partial charge is 0.0711 e. The summed E-state index contributed by atoms with van der Waals surface area (Å²) >= 11 is 0. The lowest BCUT2D eigenvalue weighted by molar-refractivity contribution is -0.169. The molecule has 2 saturated carbocycles. The minimum atomic E-state index is -0.462. The van der Waals surface area contributed by atoms with E-state index in [1.807, 2.05) is 0 Å². The predicted molar refractivity (Wildman–Crippen MR) is 72.8 cm³/mol. The van der Waals surface area contributed by atoms with Crippen molar-refractivity contribution in [2.24, 2.45) is 16.7 Å². The molecule has 1 heteroatoms. The van der Waals surface area contributed by atoms with Crippen molar-refractivity contribution in [1.29, 1.82) is 0 Å². The van der Waals surface area contributed by atoms with Crippen LogP contribution < -0.4 is 0 Å². The van der Waals surface area contributed by atoms with Crippen molar-refractivity contribution in [1.82, 2.24) is 0 Å². The SMILES string of the molecule is C=C(C)[C@@H]1CC[C@]2(C)CCC(C)(C)C[C@]2(O)C1. The third kappa shape index (κ3) is 2.19. The van der Waals surface area contributed by atoms with Gasteiger partial charge in [-0.3, -0.25) is 0 Å². The zero-order valence-electron chi connectivity index (χ0n) is 12.0. The average Bonchev–Trinajstić information content (AvgIpc) is 2.18. The quantitative estimate of drug-likeness (QED) is 0.673. The fraction of sp³-hybridized carbons (Fsp3) is 0.875. The van der Waals surface area contributed by atoms with Gasteiger partial charge in [0, 0.05) is 0 Å². The fourth-order valence-electron chi connectivity index (χ4n) is 4.04. The first-order chi connectivity index (χ1) is 7.68. The molecule has 0 aromatic rings. The molecule has 98 valence electrons. The Morgan fingerprint density at radius 3 is 2.41 bits per heavy atom. The molecule has 2 rings (SSSR count). The molecule has 0 amide bonds. The number of rotatable bonds is 1. The molecular weight excluding hydrogens is 208 g/mol. The molecule has 17 heavy (non-hydrogen) atoms. The molecule has 0 aliphatic heterocycles. The Morgan fingerprint density at radius 1 is 1.18 bits per heavy atom. The molecule has 0 spiro atoms. The molecule has 2 aliphatic rings. The third-order valence-corrected chi connectivity index (χ3v) is 5.57. The molecule has 0 saturated heterocycles. The predicted octanol–water partition coefficient (Wildman–Crippen LogP) is 4.31. The van der Waals surface area contributed by atoms with Crippen LogP contribution in [0.1, 0.15) is 66.2 Å². The lowest BCUT2D eigenvalue weighted by atomic mass is 9.50. The van der Waals surface area contributed by atoms with Gasteiger partial charge in [0.1, 0.15) is 0 Å². The Kier molecular flexibility index (Phi) is 2.97. The summed E-state index contributed by atoms with van der Waals surface area (Å²) in [5, 5.41) is 11.2. The monoisotopic (exact) mass is 236 g/mol. The van der Waals surface area contributed by atoms with Crippen molar-refractivity contribution in [3.63, 3.8) is 0 Å². The van der Waals surface area contributed by atoms with Crippen molar-refractivity contribution in [3.8, 4) is 0 Å². The highest BCUT2D eigenvalue weighted by Crippen LogP contribution is 2.59. The van der Waals surface area contributed by atoms with Gasteiger partial charge in [0.15, 0.2) is 0 Å². The molecule has 0 aromatic carbocycles. The normalized spacial score (nSPS) is 45.1. The summed E-state index contributed by atoms with van der Waals surface area (Å²) in [4.78, 5) is 0. The van der Waals surface area contributed by atoms with Gasteiger partial charge in [-0.05, 0) is 62.2 Å². The zero-order valence-corrected chi connectivity index (χ0v) is 12.0. The van der Waals surface area contributed by atoms with Crippen molar-refractivity contribution in [2.45, 2.75) is 71.8 Å². The van der Waals surface area contributed by atoms with Crippen LogP contribution in [0.4, 0.5) is 0 Å². The van der Waals surface area contributed by atoms with Gasteiger partial charge in [0.05, 0.1) is 5.60 Å². The van der Waals surface area contributed by atoms with Gasteiger partial charge >= 0.3 is 0 Å². The van der Waals surface area contributed by atoms with E-state index < -0.39 is 5.60 Å². The van der Waals surface area contributed by atoms with Crippen molar-refractivity contribution in [3.05, 3.63) is 12.2 Å². The Morgan fingerprint density at radius 2 is 1.82 bits per heavy atom. The van der Waals surface area contributed by atoms with Crippen LogP contribution in [-0.2, 0) is 0 Å². The highest BCUT2D eigenvalue weighted by molar-refractivity contribution is 5.11. The number of allylic oxidation sites excluding steroid dienone is 1. The first kappa shape index (κ1) is 13.1. The second-order valence-electron chi connectivity index (χ2n) is 7.72. The fourth-order valence-corrected chi connectivity index (χ4v) is 4.04. The van der Waals surface area contributed by atoms with Gasteiger partial charge in [-0.25, -0.2) is 0 Å². The molecule has 0 bridgehead atoms. The number of fused-ring (bicyclic) bond motifs is 1. The summed E-state index contributed by atoms with van der Waals surface area (Å²) in [7, 11) is 0. The highest BCUT2D eigenvalue weighted by Gasteiger charge is 2.55. The van der Waals surface area contributed by atoms with Gasteiger partial charge in [-0.1, -0.05) is 32.9 Å². The molecule has 1 N–H and O–H groups in total. The zero-order chi connectivity index (χ0) is 12.9. The maximum absolute atomic E-state index is 11.2. The van der Waals surface area contributed by atoms with Gasteiger partial charge in [0.25, 0.3) is 0 Å². The Hall–Kier alpha value is -0.300. The number of hydrogen-bond donors (Lipinski definition) is 1. The molecule has 1 nitrogen and oxygen atoms in total. The van der Waals surface area contributed by atoms with E-state index in [9.17, 15) is 5.11 Å². The second kappa shape index (κ2) is 3.85. The van der Waals surface area contributed by atoms with E-state index in [1.165, 1.54) is 24.8 Å². The van der Waals surface area contributed by atoms with Crippen LogP contribution in [0.15, 0.2) is 12.2 Å². The van der Waals surface area contributed by atoms with E-state index in [2.05, 4.69) is 34.3 Å². The van der Waals surface area contributed by atoms with Gasteiger partial charge in [-0.15, -0.1) is 0 Å². The first-order valence-corrected chi connectivity index (χ1v) is 7.05. The lowest BCUT2D eigenvalue weighted by Gasteiger charge is -2.58. The molecule has 0 heterocycles. The van der Waals surface area contributed by atoms with Crippen LogP contribution in [0.5, 0.6) is 0 Å².